The Labute approximate surface area is 79.7 Å². The van der Waals surface area contributed by atoms with Gasteiger partial charge in [-0.1, -0.05) is 30.3 Å². The lowest BCUT2D eigenvalue weighted by Gasteiger charge is -2.02. The van der Waals surface area contributed by atoms with Gasteiger partial charge in [0, 0.05) is 6.61 Å². The summed E-state index contributed by atoms with van der Waals surface area (Å²) in [6.45, 7) is 1.65. The van der Waals surface area contributed by atoms with Crippen molar-refractivity contribution in [2.45, 2.75) is 25.9 Å². The van der Waals surface area contributed by atoms with Crippen LogP contribution in [0.4, 0.5) is 0 Å². The van der Waals surface area contributed by atoms with Gasteiger partial charge in [0.25, 0.3) is 0 Å². The molecular formula is C12H15O. The Kier molecular flexibility index (Phi) is 2.98. The molecule has 0 heterocycles. The highest BCUT2D eigenvalue weighted by atomic mass is 16.5. The normalized spacial score (nSPS) is 16.0. The number of hydrogen-bond donors (Lipinski definition) is 0. The van der Waals surface area contributed by atoms with Gasteiger partial charge in [0.05, 0.1) is 6.61 Å². The molecule has 0 atom stereocenters. The molecule has 0 unspecified atom stereocenters. The number of ether oxygens (including phenoxy) is 1. The van der Waals surface area contributed by atoms with E-state index in [1.165, 1.54) is 24.8 Å². The van der Waals surface area contributed by atoms with Crippen molar-refractivity contribution in [3.8, 4) is 0 Å². The molecule has 1 aromatic rings. The zero-order valence-corrected chi connectivity index (χ0v) is 7.83. The number of hydrogen-bond acceptors (Lipinski definition) is 1. The molecule has 0 spiro atoms. The number of benzene rings is 1. The van der Waals surface area contributed by atoms with E-state index in [-0.39, 0.29) is 0 Å². The first kappa shape index (κ1) is 8.76. The van der Waals surface area contributed by atoms with Gasteiger partial charge >= 0.3 is 0 Å². The minimum Gasteiger partial charge on any atom is -0.377 e. The summed E-state index contributed by atoms with van der Waals surface area (Å²) in [7, 11) is 0. The van der Waals surface area contributed by atoms with Gasteiger partial charge in [-0.2, -0.15) is 0 Å². The zero-order valence-electron chi connectivity index (χ0n) is 7.83. The third-order valence-electron chi connectivity index (χ3n) is 2.32. The molecule has 0 N–H and O–H groups in total. The maximum absolute atomic E-state index is 5.55. The fourth-order valence-corrected chi connectivity index (χ4v) is 1.32. The summed E-state index contributed by atoms with van der Waals surface area (Å²) in [5.74, 6) is 1.67. The molecule has 1 nitrogen and oxygen atoms in total. The topological polar surface area (TPSA) is 9.23 Å². The van der Waals surface area contributed by atoms with Crippen LogP contribution in [0.2, 0.25) is 0 Å². The van der Waals surface area contributed by atoms with E-state index in [4.69, 9.17) is 4.74 Å². The highest BCUT2D eigenvalue weighted by Crippen LogP contribution is 2.34. The summed E-state index contributed by atoms with van der Waals surface area (Å²) < 4.78 is 5.55. The molecule has 0 amide bonds. The van der Waals surface area contributed by atoms with Crippen LogP contribution < -0.4 is 0 Å². The van der Waals surface area contributed by atoms with E-state index < -0.39 is 0 Å². The smallest absolute Gasteiger partial charge is 0.0716 e. The molecular weight excluding hydrogens is 160 g/mol. The molecule has 0 bridgehead atoms. The monoisotopic (exact) mass is 175 g/mol. The summed E-state index contributed by atoms with van der Waals surface area (Å²) in [4.78, 5) is 0. The van der Waals surface area contributed by atoms with Crippen LogP contribution in [0.25, 0.3) is 0 Å². The van der Waals surface area contributed by atoms with Crippen molar-refractivity contribution in [3.63, 3.8) is 0 Å². The molecule has 0 aromatic heterocycles. The molecule has 1 fully saturated rings. The van der Waals surface area contributed by atoms with Gasteiger partial charge in [-0.3, -0.25) is 0 Å². The van der Waals surface area contributed by atoms with Crippen molar-refractivity contribution in [1.82, 2.24) is 0 Å². The zero-order chi connectivity index (χ0) is 8.93. The fourth-order valence-electron chi connectivity index (χ4n) is 1.32. The van der Waals surface area contributed by atoms with Crippen LogP contribution in [0.15, 0.2) is 30.3 Å². The Balaban J connectivity index is 1.61. The number of rotatable bonds is 5. The second-order valence-electron chi connectivity index (χ2n) is 3.54. The molecule has 1 aliphatic carbocycles. The first-order chi connectivity index (χ1) is 6.45. The molecule has 1 saturated carbocycles. The fraction of sp³-hybridized carbons (Fsp3) is 0.417. The Morgan fingerprint density at radius 2 is 1.85 bits per heavy atom. The summed E-state index contributed by atoms with van der Waals surface area (Å²) in [5.41, 5.74) is 1.27. The quantitative estimate of drug-likeness (QED) is 0.625. The standard InChI is InChI=1S/C12H15O/c1-2-4-12(5-3-1)10-13-9-8-11-6-7-11/h1-5H,6-10H2. The maximum atomic E-state index is 5.55. The molecule has 1 aliphatic rings. The SMILES string of the molecule is c1ccc(COCC[C]2CC2)cc1. The molecule has 69 valence electrons. The third kappa shape index (κ3) is 3.19. The Morgan fingerprint density at radius 1 is 1.08 bits per heavy atom. The average molecular weight is 175 g/mol. The highest BCUT2D eigenvalue weighted by molar-refractivity contribution is 5.13. The van der Waals surface area contributed by atoms with Gasteiger partial charge in [-0.05, 0) is 30.7 Å². The minimum atomic E-state index is 0.758. The van der Waals surface area contributed by atoms with Crippen LogP contribution in [0.3, 0.4) is 0 Å². The van der Waals surface area contributed by atoms with Gasteiger partial charge in [-0.25, -0.2) is 0 Å². The van der Waals surface area contributed by atoms with Crippen LogP contribution in [0.5, 0.6) is 0 Å². The van der Waals surface area contributed by atoms with Gasteiger partial charge in [-0.15, -0.1) is 0 Å². The van der Waals surface area contributed by atoms with Crippen LogP contribution in [-0.4, -0.2) is 6.61 Å². The van der Waals surface area contributed by atoms with E-state index in [0.29, 0.717) is 0 Å². The largest absolute Gasteiger partial charge is 0.377 e. The van der Waals surface area contributed by atoms with Crippen molar-refractivity contribution < 1.29 is 4.74 Å². The maximum Gasteiger partial charge on any atom is 0.0716 e. The second-order valence-corrected chi connectivity index (χ2v) is 3.54. The lowest BCUT2D eigenvalue weighted by atomic mass is 10.2. The first-order valence-electron chi connectivity index (χ1n) is 4.90. The molecule has 0 saturated heterocycles. The molecule has 1 aromatic carbocycles. The summed E-state index contributed by atoms with van der Waals surface area (Å²) >= 11 is 0. The molecule has 2 rings (SSSR count). The Bertz CT molecular complexity index is 239. The lowest BCUT2D eigenvalue weighted by Crippen LogP contribution is -1.95. The Hall–Kier alpha value is -0.820. The van der Waals surface area contributed by atoms with Gasteiger partial charge < -0.3 is 4.74 Å². The van der Waals surface area contributed by atoms with Gasteiger partial charge in [0.15, 0.2) is 0 Å². The van der Waals surface area contributed by atoms with Crippen molar-refractivity contribution >= 4 is 0 Å². The van der Waals surface area contributed by atoms with Crippen LogP contribution in [0.1, 0.15) is 24.8 Å². The Morgan fingerprint density at radius 3 is 2.54 bits per heavy atom. The third-order valence-corrected chi connectivity index (χ3v) is 2.32. The summed E-state index contributed by atoms with van der Waals surface area (Å²) in [6.07, 6.45) is 3.86. The van der Waals surface area contributed by atoms with E-state index in [2.05, 4.69) is 12.1 Å². The van der Waals surface area contributed by atoms with Gasteiger partial charge in [0.2, 0.25) is 0 Å². The molecule has 0 aliphatic heterocycles. The van der Waals surface area contributed by atoms with Crippen molar-refractivity contribution in [1.29, 1.82) is 0 Å². The summed E-state index contributed by atoms with van der Waals surface area (Å²) in [6, 6.07) is 10.3. The van der Waals surface area contributed by atoms with E-state index in [0.717, 1.165) is 13.2 Å². The highest BCUT2D eigenvalue weighted by Gasteiger charge is 2.20. The predicted molar refractivity (Wildman–Crippen MR) is 53.2 cm³/mol. The lowest BCUT2D eigenvalue weighted by molar-refractivity contribution is 0.122. The summed E-state index contributed by atoms with van der Waals surface area (Å²) in [5, 5.41) is 0. The van der Waals surface area contributed by atoms with Crippen molar-refractivity contribution in [3.05, 3.63) is 41.8 Å². The van der Waals surface area contributed by atoms with Crippen LogP contribution >= 0.6 is 0 Å². The van der Waals surface area contributed by atoms with Crippen LogP contribution in [-0.2, 0) is 11.3 Å². The van der Waals surface area contributed by atoms with E-state index in [1.807, 2.05) is 18.2 Å². The first-order valence-corrected chi connectivity index (χ1v) is 4.90. The van der Waals surface area contributed by atoms with Crippen molar-refractivity contribution in [2.24, 2.45) is 0 Å². The second kappa shape index (κ2) is 4.43. The van der Waals surface area contributed by atoms with Crippen molar-refractivity contribution in [2.75, 3.05) is 6.61 Å². The molecule has 1 radical (unpaired) electrons. The van der Waals surface area contributed by atoms with E-state index >= 15 is 0 Å². The molecule has 1 heteroatoms. The molecule has 13 heavy (non-hydrogen) atoms. The van der Waals surface area contributed by atoms with Crippen LogP contribution in [0, 0.1) is 5.92 Å². The van der Waals surface area contributed by atoms with Gasteiger partial charge in [0.1, 0.15) is 0 Å². The minimum absolute atomic E-state index is 0.758. The average Bonchev–Trinajstić information content (AvgIpc) is 2.98. The van der Waals surface area contributed by atoms with E-state index in [9.17, 15) is 0 Å². The predicted octanol–water partition coefficient (Wildman–Crippen LogP) is 2.96. The van der Waals surface area contributed by atoms with E-state index in [1.54, 1.807) is 5.92 Å².